The first kappa shape index (κ1) is 10.5. The fraction of sp³-hybridized carbons (Fsp3) is 0.333. The van der Waals surface area contributed by atoms with Crippen molar-refractivity contribution in [3.05, 3.63) is 34.5 Å². The van der Waals surface area contributed by atoms with Gasteiger partial charge in [-0.3, -0.25) is 0 Å². The van der Waals surface area contributed by atoms with Crippen molar-refractivity contribution in [1.29, 1.82) is 0 Å². The van der Waals surface area contributed by atoms with E-state index in [1.165, 1.54) is 10.9 Å². The van der Waals surface area contributed by atoms with Gasteiger partial charge in [-0.2, -0.15) is 0 Å². The van der Waals surface area contributed by atoms with E-state index in [2.05, 4.69) is 11.9 Å². The number of hydrogen-bond acceptors (Lipinski definition) is 1. The maximum absolute atomic E-state index is 6.10. The van der Waals surface area contributed by atoms with Crippen LogP contribution in [0.4, 0.5) is 0 Å². The lowest BCUT2D eigenvalue weighted by atomic mass is 9.98. The third kappa shape index (κ3) is 1.75. The van der Waals surface area contributed by atoms with E-state index >= 15 is 0 Å². The Morgan fingerprint density at radius 2 is 2.00 bits per heavy atom. The molecule has 0 amide bonds. The number of aromatic amines is 1. The van der Waals surface area contributed by atoms with Gasteiger partial charge in [0, 0.05) is 21.6 Å². The molecule has 0 fully saturated rings. The molecule has 0 unspecified atom stereocenters. The fourth-order valence-electron chi connectivity index (χ4n) is 1.95. The highest BCUT2D eigenvalue weighted by molar-refractivity contribution is 6.31. The van der Waals surface area contributed by atoms with Gasteiger partial charge in [0.15, 0.2) is 0 Å². The molecule has 15 heavy (non-hydrogen) atoms. The Kier molecular flexibility index (Phi) is 2.28. The molecule has 2 aromatic rings. The first-order chi connectivity index (χ1) is 6.89. The van der Waals surface area contributed by atoms with Crippen LogP contribution in [0.15, 0.2) is 18.2 Å². The molecule has 0 bridgehead atoms. The third-order valence-electron chi connectivity index (χ3n) is 2.66. The second-order valence-corrected chi connectivity index (χ2v) is 4.97. The van der Waals surface area contributed by atoms with Gasteiger partial charge in [-0.15, -0.1) is 0 Å². The molecule has 3 N–H and O–H groups in total. The summed E-state index contributed by atoms with van der Waals surface area (Å²) in [4.78, 5) is 3.34. The van der Waals surface area contributed by atoms with Gasteiger partial charge in [0.2, 0.25) is 0 Å². The molecule has 2 nitrogen and oxygen atoms in total. The van der Waals surface area contributed by atoms with E-state index in [9.17, 15) is 0 Å². The lowest BCUT2D eigenvalue weighted by molar-refractivity contribution is 0.536. The summed E-state index contributed by atoms with van der Waals surface area (Å²) in [5.41, 5.74) is 9.07. The number of fused-ring (bicyclic) bond motifs is 1. The maximum atomic E-state index is 6.10. The van der Waals surface area contributed by atoms with Crippen LogP contribution in [0.25, 0.3) is 10.9 Å². The van der Waals surface area contributed by atoms with Crippen LogP contribution >= 0.6 is 11.6 Å². The lowest BCUT2D eigenvalue weighted by Crippen LogP contribution is -2.29. The molecular weight excluding hydrogens is 208 g/mol. The third-order valence-corrected chi connectivity index (χ3v) is 2.90. The number of nitrogens with two attached hydrogens (primary N) is 1. The van der Waals surface area contributed by atoms with Crippen LogP contribution in [0, 0.1) is 6.92 Å². The second-order valence-electron chi connectivity index (χ2n) is 4.54. The zero-order valence-electron chi connectivity index (χ0n) is 9.19. The van der Waals surface area contributed by atoms with E-state index in [0.29, 0.717) is 0 Å². The minimum absolute atomic E-state index is 0.352. The van der Waals surface area contributed by atoms with Crippen LogP contribution in [0.3, 0.4) is 0 Å². The van der Waals surface area contributed by atoms with Crippen molar-refractivity contribution >= 4 is 22.5 Å². The van der Waals surface area contributed by atoms with Crippen molar-refractivity contribution in [1.82, 2.24) is 4.98 Å². The molecule has 0 radical (unpaired) electrons. The molecule has 0 aliphatic carbocycles. The van der Waals surface area contributed by atoms with Crippen LogP contribution in [0.2, 0.25) is 5.02 Å². The monoisotopic (exact) mass is 222 g/mol. The van der Waals surface area contributed by atoms with Crippen LogP contribution in [0.5, 0.6) is 0 Å². The van der Waals surface area contributed by atoms with Gasteiger partial charge in [0.1, 0.15) is 0 Å². The summed E-state index contributed by atoms with van der Waals surface area (Å²) in [5, 5.41) is 1.93. The highest BCUT2D eigenvalue weighted by Gasteiger charge is 2.20. The Morgan fingerprint density at radius 1 is 1.33 bits per heavy atom. The SMILES string of the molecule is Cc1c(C(C)(C)N)[nH]c2cc(Cl)ccc12. The molecule has 1 aromatic carbocycles. The van der Waals surface area contributed by atoms with E-state index in [0.717, 1.165) is 16.2 Å². The Balaban J connectivity index is 2.75. The van der Waals surface area contributed by atoms with Crippen molar-refractivity contribution in [2.75, 3.05) is 0 Å². The summed E-state index contributed by atoms with van der Waals surface area (Å²) in [6.45, 7) is 6.06. The Labute approximate surface area is 94.4 Å². The van der Waals surface area contributed by atoms with Gasteiger partial charge in [-0.25, -0.2) is 0 Å². The van der Waals surface area contributed by atoms with Gasteiger partial charge in [-0.1, -0.05) is 17.7 Å². The van der Waals surface area contributed by atoms with Gasteiger partial charge in [0.25, 0.3) is 0 Å². The molecule has 3 heteroatoms. The summed E-state index contributed by atoms with van der Waals surface area (Å²) in [5.74, 6) is 0. The molecule has 0 saturated heterocycles. The largest absolute Gasteiger partial charge is 0.357 e. The minimum atomic E-state index is -0.352. The fourth-order valence-corrected chi connectivity index (χ4v) is 2.13. The average Bonchev–Trinajstić information content (AvgIpc) is 2.42. The second kappa shape index (κ2) is 3.26. The number of H-pyrrole nitrogens is 1. The normalized spacial score (nSPS) is 12.3. The smallest absolute Gasteiger partial charge is 0.0507 e. The molecule has 0 saturated carbocycles. The topological polar surface area (TPSA) is 41.8 Å². The Morgan fingerprint density at radius 3 is 2.60 bits per heavy atom. The zero-order chi connectivity index (χ0) is 11.2. The number of nitrogens with one attached hydrogen (secondary N) is 1. The zero-order valence-corrected chi connectivity index (χ0v) is 9.94. The predicted molar refractivity (Wildman–Crippen MR) is 65.3 cm³/mol. The summed E-state index contributed by atoms with van der Waals surface area (Å²) in [6.07, 6.45) is 0. The van der Waals surface area contributed by atoms with Gasteiger partial charge in [0.05, 0.1) is 5.54 Å². The van der Waals surface area contributed by atoms with Gasteiger partial charge in [-0.05, 0) is 38.5 Å². The maximum Gasteiger partial charge on any atom is 0.0507 e. The molecule has 2 rings (SSSR count). The van der Waals surface area contributed by atoms with Gasteiger partial charge < -0.3 is 10.7 Å². The molecule has 80 valence electrons. The highest BCUT2D eigenvalue weighted by atomic mass is 35.5. The van der Waals surface area contributed by atoms with E-state index in [1.54, 1.807) is 0 Å². The standard InChI is InChI=1S/C12H15ClN2/c1-7-9-5-4-8(13)6-10(9)15-11(7)12(2,3)14/h4-6,15H,14H2,1-3H3. The summed E-state index contributed by atoms with van der Waals surface area (Å²) in [6, 6.07) is 5.86. The Bertz CT molecular complexity index is 506. The van der Waals surface area contributed by atoms with Crippen LogP contribution in [0.1, 0.15) is 25.1 Å². The van der Waals surface area contributed by atoms with Crippen molar-refractivity contribution in [2.24, 2.45) is 5.73 Å². The van der Waals surface area contributed by atoms with Crippen LogP contribution in [-0.2, 0) is 5.54 Å². The Hall–Kier alpha value is -0.990. The van der Waals surface area contributed by atoms with Crippen molar-refractivity contribution in [3.8, 4) is 0 Å². The molecule has 0 aliphatic rings. The molecule has 1 aromatic heterocycles. The lowest BCUT2D eigenvalue weighted by Gasteiger charge is -2.18. The molecule has 0 atom stereocenters. The number of rotatable bonds is 1. The van der Waals surface area contributed by atoms with E-state index < -0.39 is 0 Å². The molecular formula is C12H15ClN2. The van der Waals surface area contributed by atoms with E-state index in [4.69, 9.17) is 17.3 Å². The van der Waals surface area contributed by atoms with Crippen molar-refractivity contribution in [2.45, 2.75) is 26.3 Å². The van der Waals surface area contributed by atoms with E-state index in [1.807, 2.05) is 32.0 Å². The van der Waals surface area contributed by atoms with Crippen molar-refractivity contribution < 1.29 is 0 Å². The quantitative estimate of drug-likeness (QED) is 0.764. The highest BCUT2D eigenvalue weighted by Crippen LogP contribution is 2.29. The summed E-state index contributed by atoms with van der Waals surface area (Å²) < 4.78 is 0. The first-order valence-electron chi connectivity index (χ1n) is 4.97. The predicted octanol–water partition coefficient (Wildman–Crippen LogP) is 3.32. The van der Waals surface area contributed by atoms with Gasteiger partial charge >= 0.3 is 0 Å². The minimum Gasteiger partial charge on any atom is -0.357 e. The first-order valence-corrected chi connectivity index (χ1v) is 5.34. The van der Waals surface area contributed by atoms with Crippen LogP contribution in [-0.4, -0.2) is 4.98 Å². The average molecular weight is 223 g/mol. The van der Waals surface area contributed by atoms with Crippen molar-refractivity contribution in [3.63, 3.8) is 0 Å². The summed E-state index contributed by atoms with van der Waals surface area (Å²) >= 11 is 5.94. The molecule has 0 aliphatic heterocycles. The number of aromatic nitrogens is 1. The summed E-state index contributed by atoms with van der Waals surface area (Å²) in [7, 11) is 0. The molecule has 0 spiro atoms. The number of hydrogen-bond donors (Lipinski definition) is 2. The van der Waals surface area contributed by atoms with Crippen LogP contribution < -0.4 is 5.73 Å². The number of aryl methyl sites for hydroxylation is 1. The van der Waals surface area contributed by atoms with E-state index in [-0.39, 0.29) is 5.54 Å². The molecule has 1 heterocycles. The number of halogens is 1. The number of benzene rings is 1.